The highest BCUT2D eigenvalue weighted by Gasteiger charge is 2.27. The lowest BCUT2D eigenvalue weighted by molar-refractivity contribution is -0.897. The van der Waals surface area contributed by atoms with Gasteiger partial charge in [-0.1, -0.05) is 24.3 Å². The fraction of sp³-hybridized carbons (Fsp3) is 0.318. The first-order valence-corrected chi connectivity index (χ1v) is 10.5. The monoisotopic (exact) mass is 394 g/mol. The molecule has 0 spiro atoms. The van der Waals surface area contributed by atoms with Crippen LogP contribution in [0.5, 0.6) is 0 Å². The Balaban J connectivity index is 1.31. The Morgan fingerprint density at radius 3 is 2.68 bits per heavy atom. The Morgan fingerprint density at radius 1 is 1.14 bits per heavy atom. The molecule has 1 aliphatic heterocycles. The molecule has 4 rings (SSSR count). The van der Waals surface area contributed by atoms with E-state index in [1.165, 1.54) is 21.5 Å². The highest BCUT2D eigenvalue weighted by atomic mass is 32.1. The number of likely N-dealkylation sites (tertiary alicyclic amines) is 1. The van der Waals surface area contributed by atoms with E-state index in [0.29, 0.717) is 23.7 Å². The van der Waals surface area contributed by atoms with E-state index >= 15 is 0 Å². The van der Waals surface area contributed by atoms with Crippen molar-refractivity contribution in [2.24, 2.45) is 0 Å². The van der Waals surface area contributed by atoms with Crippen LogP contribution in [0.25, 0.3) is 10.2 Å². The van der Waals surface area contributed by atoms with Crippen LogP contribution in [-0.2, 0) is 4.79 Å². The number of anilines is 1. The van der Waals surface area contributed by atoms with E-state index in [1.54, 1.807) is 29.5 Å². The molecule has 144 valence electrons. The lowest BCUT2D eigenvalue weighted by Crippen LogP contribution is -3.14. The van der Waals surface area contributed by atoms with E-state index in [-0.39, 0.29) is 11.7 Å². The number of hydrogen-bond donors (Lipinski definition) is 2. The number of benzene rings is 2. The molecule has 0 atom stereocenters. The van der Waals surface area contributed by atoms with Gasteiger partial charge in [-0.15, -0.1) is 11.3 Å². The number of hydrogen-bond acceptors (Lipinski definition) is 4. The van der Waals surface area contributed by atoms with Crippen LogP contribution in [-0.4, -0.2) is 36.3 Å². The molecule has 0 radical (unpaired) electrons. The van der Waals surface area contributed by atoms with Crippen LogP contribution in [0.15, 0.2) is 48.5 Å². The molecule has 2 heterocycles. The van der Waals surface area contributed by atoms with Gasteiger partial charge < -0.3 is 10.2 Å². The molecular weight excluding hydrogens is 370 g/mol. The summed E-state index contributed by atoms with van der Waals surface area (Å²) < 4.78 is 1.25. The van der Waals surface area contributed by atoms with Crippen LogP contribution >= 0.6 is 11.3 Å². The zero-order valence-electron chi connectivity index (χ0n) is 15.9. The molecule has 2 N–H and O–H groups in total. The highest BCUT2D eigenvalue weighted by molar-refractivity contribution is 7.18. The van der Waals surface area contributed by atoms with Crippen molar-refractivity contribution in [1.82, 2.24) is 4.98 Å². The number of amides is 1. The molecule has 2 aromatic carbocycles. The third kappa shape index (κ3) is 4.29. The smallest absolute Gasteiger partial charge is 0.279 e. The number of para-hydroxylation sites is 1. The topological polar surface area (TPSA) is 63.5 Å². The highest BCUT2D eigenvalue weighted by Crippen LogP contribution is 2.31. The van der Waals surface area contributed by atoms with Crippen molar-refractivity contribution in [3.63, 3.8) is 0 Å². The maximum Gasteiger partial charge on any atom is 0.279 e. The van der Waals surface area contributed by atoms with Gasteiger partial charge in [-0.05, 0) is 31.2 Å². The number of fused-ring (bicyclic) bond motifs is 1. The lowest BCUT2D eigenvalue weighted by Gasteiger charge is -2.27. The molecule has 6 heteroatoms. The molecule has 28 heavy (non-hydrogen) atoms. The van der Waals surface area contributed by atoms with Crippen molar-refractivity contribution >= 4 is 38.9 Å². The maximum absolute atomic E-state index is 12.4. The summed E-state index contributed by atoms with van der Waals surface area (Å²) in [5.74, 6) is 0.490. The molecule has 1 fully saturated rings. The number of carbonyl (C=O) groups is 2. The van der Waals surface area contributed by atoms with E-state index in [4.69, 9.17) is 4.98 Å². The molecule has 0 saturated carbocycles. The van der Waals surface area contributed by atoms with E-state index in [0.717, 1.165) is 31.4 Å². The molecule has 0 unspecified atom stereocenters. The summed E-state index contributed by atoms with van der Waals surface area (Å²) in [7, 11) is 0. The average molecular weight is 395 g/mol. The standard InChI is InChI=1S/C22H23N3O2S/c1-15(26)17-5-4-6-18(13-17)23-21(27)14-25-11-9-16(10-12-25)22-24-19-7-2-3-8-20(19)28-22/h2-8,13,16H,9-12,14H2,1H3,(H,23,27)/p+1. The summed E-state index contributed by atoms with van der Waals surface area (Å²) in [5.41, 5.74) is 2.38. The molecule has 1 amide bonds. The van der Waals surface area contributed by atoms with Gasteiger partial charge in [-0.25, -0.2) is 4.98 Å². The number of carbonyl (C=O) groups excluding carboxylic acids is 2. The Bertz CT molecular complexity index is 973. The van der Waals surface area contributed by atoms with Crippen molar-refractivity contribution in [1.29, 1.82) is 0 Å². The Kier molecular flexibility index (Phi) is 5.50. The van der Waals surface area contributed by atoms with Crippen LogP contribution in [0.4, 0.5) is 5.69 Å². The van der Waals surface area contributed by atoms with E-state index in [1.807, 2.05) is 12.1 Å². The van der Waals surface area contributed by atoms with Crippen LogP contribution < -0.4 is 10.2 Å². The van der Waals surface area contributed by atoms with Gasteiger partial charge in [-0.3, -0.25) is 9.59 Å². The minimum Gasteiger partial charge on any atom is -0.327 e. The summed E-state index contributed by atoms with van der Waals surface area (Å²) >= 11 is 1.80. The lowest BCUT2D eigenvalue weighted by atomic mass is 9.97. The summed E-state index contributed by atoms with van der Waals surface area (Å²) in [6.07, 6.45) is 2.12. The zero-order valence-corrected chi connectivity index (χ0v) is 16.7. The summed E-state index contributed by atoms with van der Waals surface area (Å²) in [4.78, 5) is 30.0. The Labute approximate surface area is 168 Å². The largest absolute Gasteiger partial charge is 0.327 e. The summed E-state index contributed by atoms with van der Waals surface area (Å²) in [6.45, 7) is 3.93. The Hall–Kier alpha value is -2.57. The first kappa shape index (κ1) is 18.8. The normalized spacial score (nSPS) is 19.5. The summed E-state index contributed by atoms with van der Waals surface area (Å²) in [6, 6.07) is 15.4. The predicted octanol–water partition coefficient (Wildman–Crippen LogP) is 2.90. The molecule has 5 nitrogen and oxygen atoms in total. The number of rotatable bonds is 5. The van der Waals surface area contributed by atoms with Crippen LogP contribution in [0.2, 0.25) is 0 Å². The van der Waals surface area contributed by atoms with Gasteiger partial charge in [0.1, 0.15) is 0 Å². The second-order valence-electron chi connectivity index (χ2n) is 7.41. The number of aromatic nitrogens is 1. The van der Waals surface area contributed by atoms with Gasteiger partial charge in [0.05, 0.1) is 28.3 Å². The first-order valence-electron chi connectivity index (χ1n) is 9.68. The number of nitrogens with one attached hydrogen (secondary N) is 2. The average Bonchev–Trinajstić information content (AvgIpc) is 3.13. The second kappa shape index (κ2) is 8.20. The van der Waals surface area contributed by atoms with Crippen molar-refractivity contribution in [3.8, 4) is 0 Å². The third-order valence-corrected chi connectivity index (χ3v) is 6.51. The van der Waals surface area contributed by atoms with Gasteiger partial charge in [-0.2, -0.15) is 0 Å². The first-order chi connectivity index (χ1) is 13.6. The van der Waals surface area contributed by atoms with Crippen molar-refractivity contribution < 1.29 is 14.5 Å². The van der Waals surface area contributed by atoms with Gasteiger partial charge in [0.25, 0.3) is 5.91 Å². The van der Waals surface area contributed by atoms with Crippen LogP contribution in [0.3, 0.4) is 0 Å². The van der Waals surface area contributed by atoms with E-state index in [9.17, 15) is 9.59 Å². The van der Waals surface area contributed by atoms with Crippen molar-refractivity contribution in [2.45, 2.75) is 25.7 Å². The SMILES string of the molecule is CC(=O)c1cccc(NC(=O)C[NH+]2CCC(c3nc4ccccc4s3)CC2)c1. The fourth-order valence-electron chi connectivity index (χ4n) is 3.76. The Morgan fingerprint density at radius 2 is 1.93 bits per heavy atom. The quantitative estimate of drug-likeness (QED) is 0.654. The van der Waals surface area contributed by atoms with Crippen LogP contribution in [0.1, 0.15) is 41.0 Å². The number of ketones is 1. The molecule has 0 bridgehead atoms. The number of nitrogens with zero attached hydrogens (tertiary/aromatic N) is 1. The third-order valence-electron chi connectivity index (χ3n) is 5.32. The predicted molar refractivity (Wildman–Crippen MR) is 112 cm³/mol. The molecule has 3 aromatic rings. The number of quaternary nitrogens is 1. The number of Topliss-reactive ketones (excluding diaryl/α,β-unsaturated/α-hetero) is 1. The van der Waals surface area contributed by atoms with Gasteiger partial charge in [0.15, 0.2) is 12.3 Å². The zero-order chi connectivity index (χ0) is 19.5. The number of piperidine rings is 1. The van der Waals surface area contributed by atoms with Crippen molar-refractivity contribution in [2.75, 3.05) is 25.0 Å². The van der Waals surface area contributed by atoms with Crippen LogP contribution in [0, 0.1) is 0 Å². The second-order valence-corrected chi connectivity index (χ2v) is 8.47. The fourth-order valence-corrected chi connectivity index (χ4v) is 4.90. The van der Waals surface area contributed by atoms with Crippen molar-refractivity contribution in [3.05, 3.63) is 59.1 Å². The van der Waals surface area contributed by atoms with E-state index < -0.39 is 0 Å². The molecule has 1 aliphatic rings. The molecule has 0 aliphatic carbocycles. The minimum atomic E-state index is -0.00543. The molecular formula is C22H24N3O2S+. The van der Waals surface area contributed by atoms with Gasteiger partial charge in [0, 0.05) is 30.0 Å². The van der Waals surface area contributed by atoms with E-state index in [2.05, 4.69) is 23.5 Å². The van der Waals surface area contributed by atoms with Gasteiger partial charge >= 0.3 is 0 Å². The molecule has 1 saturated heterocycles. The number of thiazole rings is 1. The molecule has 1 aromatic heterocycles. The maximum atomic E-state index is 12.4. The van der Waals surface area contributed by atoms with Gasteiger partial charge in [0.2, 0.25) is 0 Å². The summed E-state index contributed by atoms with van der Waals surface area (Å²) in [5, 5.41) is 4.15. The minimum absolute atomic E-state index is 0.00126.